The van der Waals surface area contributed by atoms with Gasteiger partial charge >= 0.3 is 5.97 Å². The largest absolute Gasteiger partial charge is 0.481 e. The Morgan fingerprint density at radius 3 is 2.35 bits per heavy atom. The van der Waals surface area contributed by atoms with Gasteiger partial charge in [0.2, 0.25) is 0 Å². The fourth-order valence-corrected chi connectivity index (χ4v) is 2.97. The molecule has 0 amide bonds. The Hall–Kier alpha value is -2.42. The summed E-state index contributed by atoms with van der Waals surface area (Å²) in [4.78, 5) is 23.7. The first-order valence-electron chi connectivity index (χ1n) is 6.58. The highest BCUT2D eigenvalue weighted by Crippen LogP contribution is 2.40. The first kappa shape index (κ1) is 12.6. The predicted octanol–water partition coefficient (Wildman–Crippen LogP) is 3.11. The van der Waals surface area contributed by atoms with E-state index in [1.54, 1.807) is 6.07 Å². The van der Waals surface area contributed by atoms with Crippen molar-refractivity contribution in [2.75, 3.05) is 0 Å². The third kappa shape index (κ3) is 2.01. The highest BCUT2D eigenvalue weighted by molar-refractivity contribution is 6.01. The Labute approximate surface area is 116 Å². The number of carbonyl (C=O) groups excluding carboxylic acids is 1. The zero-order valence-electron chi connectivity index (χ0n) is 10.8. The van der Waals surface area contributed by atoms with Gasteiger partial charge in [-0.2, -0.15) is 0 Å². The van der Waals surface area contributed by atoms with Crippen molar-refractivity contribution in [2.24, 2.45) is 5.92 Å². The molecule has 0 spiro atoms. The Kier molecular flexibility index (Phi) is 3.11. The van der Waals surface area contributed by atoms with Gasteiger partial charge in [-0.1, -0.05) is 54.6 Å². The molecule has 0 unspecified atom stereocenters. The normalized spacial score (nSPS) is 21.3. The molecular weight excluding hydrogens is 252 g/mol. The molecule has 0 saturated heterocycles. The molecule has 2 atom stereocenters. The molecule has 3 rings (SSSR count). The number of hydrogen-bond acceptors (Lipinski definition) is 2. The van der Waals surface area contributed by atoms with Gasteiger partial charge in [0.05, 0.1) is 5.92 Å². The monoisotopic (exact) mass is 266 g/mol. The average Bonchev–Trinajstić information content (AvgIpc) is 2.48. The molecule has 0 fully saturated rings. The summed E-state index contributed by atoms with van der Waals surface area (Å²) in [6.45, 7) is 0. The summed E-state index contributed by atoms with van der Waals surface area (Å²) in [7, 11) is 0. The summed E-state index contributed by atoms with van der Waals surface area (Å²) in [5.41, 5.74) is 2.42. The van der Waals surface area contributed by atoms with Crippen molar-refractivity contribution in [3.63, 3.8) is 0 Å². The maximum Gasteiger partial charge on any atom is 0.307 e. The minimum absolute atomic E-state index is 0.0614. The van der Waals surface area contributed by atoms with E-state index < -0.39 is 11.9 Å². The lowest BCUT2D eigenvalue weighted by atomic mass is 9.71. The second-order valence-electron chi connectivity index (χ2n) is 5.05. The maximum absolute atomic E-state index is 12.1. The van der Waals surface area contributed by atoms with Gasteiger partial charge < -0.3 is 5.11 Å². The van der Waals surface area contributed by atoms with E-state index in [9.17, 15) is 14.7 Å². The molecule has 0 radical (unpaired) electrons. The van der Waals surface area contributed by atoms with Crippen LogP contribution in [0, 0.1) is 5.92 Å². The van der Waals surface area contributed by atoms with Crippen molar-refractivity contribution in [1.29, 1.82) is 0 Å². The van der Waals surface area contributed by atoms with Crippen LogP contribution in [0.5, 0.6) is 0 Å². The van der Waals surface area contributed by atoms with Crippen molar-refractivity contribution in [1.82, 2.24) is 0 Å². The van der Waals surface area contributed by atoms with Gasteiger partial charge in [0.25, 0.3) is 0 Å². The van der Waals surface area contributed by atoms with Crippen LogP contribution in [-0.4, -0.2) is 16.9 Å². The van der Waals surface area contributed by atoms with Gasteiger partial charge in [0.15, 0.2) is 5.78 Å². The van der Waals surface area contributed by atoms with Crippen LogP contribution in [-0.2, 0) is 4.79 Å². The van der Waals surface area contributed by atoms with Gasteiger partial charge in [-0.15, -0.1) is 0 Å². The molecule has 0 saturated carbocycles. The molecule has 3 heteroatoms. The molecule has 1 aliphatic rings. The quantitative estimate of drug-likeness (QED) is 0.908. The highest BCUT2D eigenvalue weighted by atomic mass is 16.4. The Morgan fingerprint density at radius 1 is 1.00 bits per heavy atom. The summed E-state index contributed by atoms with van der Waals surface area (Å²) in [5, 5.41) is 9.46. The summed E-state index contributed by atoms with van der Waals surface area (Å²) in [6.07, 6.45) is 0.0614. The van der Waals surface area contributed by atoms with Crippen LogP contribution >= 0.6 is 0 Å². The summed E-state index contributed by atoms with van der Waals surface area (Å²) in [5.74, 6) is -1.95. The zero-order chi connectivity index (χ0) is 14.1. The van der Waals surface area contributed by atoms with Crippen LogP contribution in [0.4, 0.5) is 0 Å². The molecule has 0 bridgehead atoms. The van der Waals surface area contributed by atoms with E-state index in [0.717, 1.165) is 11.1 Å². The SMILES string of the molecule is O=C1C[C@@H](C(=O)O)[C@@H](c2ccccc2)c2ccccc21. The second-order valence-corrected chi connectivity index (χ2v) is 5.05. The van der Waals surface area contributed by atoms with E-state index in [2.05, 4.69) is 0 Å². The maximum atomic E-state index is 12.1. The van der Waals surface area contributed by atoms with Gasteiger partial charge in [-0.3, -0.25) is 9.59 Å². The topological polar surface area (TPSA) is 54.4 Å². The number of carbonyl (C=O) groups is 2. The number of benzene rings is 2. The first-order valence-corrected chi connectivity index (χ1v) is 6.58. The van der Waals surface area contributed by atoms with Crippen LogP contribution < -0.4 is 0 Å². The van der Waals surface area contributed by atoms with Crippen LogP contribution in [0.1, 0.15) is 33.8 Å². The Bertz CT molecular complexity index is 661. The minimum atomic E-state index is -0.915. The van der Waals surface area contributed by atoms with Crippen LogP contribution in [0.2, 0.25) is 0 Å². The molecule has 100 valence electrons. The lowest BCUT2D eigenvalue weighted by Crippen LogP contribution is -2.31. The first-order chi connectivity index (χ1) is 9.68. The number of hydrogen-bond donors (Lipinski definition) is 1. The van der Waals surface area contributed by atoms with Crippen molar-refractivity contribution in [2.45, 2.75) is 12.3 Å². The standard InChI is InChI=1S/C17H14O3/c18-15-10-14(17(19)20)16(11-6-2-1-3-7-11)13-9-5-4-8-12(13)15/h1-9,14,16H,10H2,(H,19,20)/t14-,16+/m1/s1. The van der Waals surface area contributed by atoms with Gasteiger partial charge in [0.1, 0.15) is 0 Å². The van der Waals surface area contributed by atoms with E-state index in [0.29, 0.717) is 5.56 Å². The summed E-state index contributed by atoms with van der Waals surface area (Å²) in [6, 6.07) is 16.9. The van der Waals surface area contributed by atoms with E-state index >= 15 is 0 Å². The Morgan fingerprint density at radius 2 is 1.65 bits per heavy atom. The number of fused-ring (bicyclic) bond motifs is 1. The lowest BCUT2D eigenvalue weighted by Gasteiger charge is -2.30. The molecule has 0 aliphatic heterocycles. The molecular formula is C17H14O3. The molecule has 2 aromatic rings. The van der Waals surface area contributed by atoms with Crippen LogP contribution in [0.3, 0.4) is 0 Å². The Balaban J connectivity index is 2.19. The third-order valence-electron chi connectivity index (χ3n) is 3.88. The molecule has 20 heavy (non-hydrogen) atoms. The predicted molar refractivity (Wildman–Crippen MR) is 74.8 cm³/mol. The van der Waals surface area contributed by atoms with Crippen molar-refractivity contribution >= 4 is 11.8 Å². The van der Waals surface area contributed by atoms with Crippen LogP contribution in [0.25, 0.3) is 0 Å². The molecule has 1 aliphatic carbocycles. The number of carboxylic acids is 1. The fourth-order valence-electron chi connectivity index (χ4n) is 2.97. The zero-order valence-corrected chi connectivity index (χ0v) is 10.8. The average molecular weight is 266 g/mol. The summed E-state index contributed by atoms with van der Waals surface area (Å²) >= 11 is 0. The second kappa shape index (κ2) is 4.93. The number of aliphatic carboxylic acids is 1. The third-order valence-corrected chi connectivity index (χ3v) is 3.88. The molecule has 1 N–H and O–H groups in total. The number of carboxylic acid groups (broad SMARTS) is 1. The molecule has 0 aromatic heterocycles. The minimum Gasteiger partial charge on any atom is -0.481 e. The number of ketones is 1. The van der Waals surface area contributed by atoms with Crippen molar-refractivity contribution < 1.29 is 14.7 Å². The number of Topliss-reactive ketones (excluding diaryl/α,β-unsaturated/α-hetero) is 1. The van der Waals surface area contributed by atoms with E-state index in [-0.39, 0.29) is 18.1 Å². The lowest BCUT2D eigenvalue weighted by molar-refractivity contribution is -0.142. The molecule has 2 aromatic carbocycles. The van der Waals surface area contributed by atoms with Gasteiger partial charge in [-0.25, -0.2) is 0 Å². The van der Waals surface area contributed by atoms with Crippen LogP contribution in [0.15, 0.2) is 54.6 Å². The van der Waals surface area contributed by atoms with Crippen molar-refractivity contribution in [3.8, 4) is 0 Å². The number of rotatable bonds is 2. The van der Waals surface area contributed by atoms with E-state index in [1.807, 2.05) is 48.5 Å². The fraction of sp³-hybridized carbons (Fsp3) is 0.176. The summed E-state index contributed by atoms with van der Waals surface area (Å²) < 4.78 is 0. The van der Waals surface area contributed by atoms with E-state index in [4.69, 9.17) is 0 Å². The van der Waals surface area contributed by atoms with Gasteiger partial charge in [-0.05, 0) is 11.1 Å². The smallest absolute Gasteiger partial charge is 0.307 e. The van der Waals surface area contributed by atoms with Gasteiger partial charge in [0, 0.05) is 17.9 Å². The van der Waals surface area contributed by atoms with E-state index in [1.165, 1.54) is 0 Å². The van der Waals surface area contributed by atoms with Crippen molar-refractivity contribution in [3.05, 3.63) is 71.3 Å². The highest BCUT2D eigenvalue weighted by Gasteiger charge is 2.38. The molecule has 3 nitrogen and oxygen atoms in total. The molecule has 0 heterocycles.